The number of hydrogen-bond donors (Lipinski definition) is 0. The summed E-state index contributed by atoms with van der Waals surface area (Å²) < 4.78 is 13.0. The van der Waals surface area contributed by atoms with E-state index < -0.39 is 0 Å². The first kappa shape index (κ1) is 29.4. The van der Waals surface area contributed by atoms with Crippen molar-refractivity contribution in [2.24, 2.45) is 0 Å². The van der Waals surface area contributed by atoms with Crippen LogP contribution in [-0.2, 0) is 0 Å². The number of fused-ring (bicyclic) bond motifs is 11. The van der Waals surface area contributed by atoms with Gasteiger partial charge in [0.1, 0.15) is 22.3 Å². The van der Waals surface area contributed by atoms with Crippen molar-refractivity contribution in [2.45, 2.75) is 0 Å². The fourth-order valence-corrected chi connectivity index (χ4v) is 9.00. The average molecular weight is 687 g/mol. The van der Waals surface area contributed by atoms with Crippen LogP contribution in [0.2, 0.25) is 0 Å². The number of furan rings is 2. The lowest BCUT2D eigenvalue weighted by Gasteiger charge is -2.19. The first-order valence-corrected chi connectivity index (χ1v) is 18.5. The molecule has 0 amide bonds. The van der Waals surface area contributed by atoms with Crippen LogP contribution in [0.4, 0.5) is 0 Å². The van der Waals surface area contributed by atoms with Crippen LogP contribution >= 0.6 is 0 Å². The maximum absolute atomic E-state index is 6.58. The van der Waals surface area contributed by atoms with Gasteiger partial charge in [-0.05, 0) is 107 Å². The lowest BCUT2D eigenvalue weighted by atomic mass is 9.84. The molecule has 0 bridgehead atoms. The molecule has 0 saturated carbocycles. The highest BCUT2D eigenvalue weighted by Gasteiger charge is 2.19. The molecule has 2 heterocycles. The van der Waals surface area contributed by atoms with Gasteiger partial charge in [0.2, 0.25) is 0 Å². The molecule has 10 aromatic carbocycles. The van der Waals surface area contributed by atoms with E-state index in [1.807, 2.05) is 0 Å². The summed E-state index contributed by atoms with van der Waals surface area (Å²) in [5.41, 5.74) is 10.8. The van der Waals surface area contributed by atoms with E-state index in [-0.39, 0.29) is 0 Å². The van der Waals surface area contributed by atoms with Crippen molar-refractivity contribution < 1.29 is 8.83 Å². The smallest absolute Gasteiger partial charge is 0.136 e. The Labute approximate surface area is 310 Å². The molecule has 0 aliphatic heterocycles. The van der Waals surface area contributed by atoms with Crippen LogP contribution < -0.4 is 0 Å². The summed E-state index contributed by atoms with van der Waals surface area (Å²) in [5.74, 6) is 0. The third-order valence-electron chi connectivity index (χ3n) is 11.5. The van der Waals surface area contributed by atoms with E-state index in [2.05, 4.69) is 182 Å². The van der Waals surface area contributed by atoms with Crippen molar-refractivity contribution in [2.75, 3.05) is 0 Å². The highest BCUT2D eigenvalue weighted by Crippen LogP contribution is 2.46. The molecule has 0 atom stereocenters. The van der Waals surface area contributed by atoms with Gasteiger partial charge in [-0.1, -0.05) is 152 Å². The van der Waals surface area contributed by atoms with Crippen LogP contribution in [0.5, 0.6) is 0 Å². The van der Waals surface area contributed by atoms with E-state index >= 15 is 0 Å². The fraction of sp³-hybridized carbons (Fsp3) is 0. The normalized spacial score (nSPS) is 12.1. The zero-order chi connectivity index (χ0) is 35.3. The first-order chi connectivity index (χ1) is 26.8. The van der Waals surface area contributed by atoms with Gasteiger partial charge in [-0.25, -0.2) is 0 Å². The second-order valence-corrected chi connectivity index (χ2v) is 14.4. The standard InChI is InChI=1S/C52H30O2/c1-3-13-36-32(10-1)12-9-19-39(36)51-42-17-7-5-15-40(42)50(41-16-6-8-18-43(41)51)34-22-20-31(21-23-34)35-24-26-38-44-29-49-45(30-48(44)54-47(38)28-35)52-37-14-4-2-11-33(37)25-27-46(52)53-49/h1-30H. The van der Waals surface area contributed by atoms with Gasteiger partial charge in [0.25, 0.3) is 0 Å². The molecule has 2 heteroatoms. The molecule has 0 aliphatic rings. The van der Waals surface area contributed by atoms with E-state index in [0.29, 0.717) is 0 Å². The Morgan fingerprint density at radius 2 is 0.778 bits per heavy atom. The Bertz CT molecular complexity index is 3430. The molecule has 54 heavy (non-hydrogen) atoms. The van der Waals surface area contributed by atoms with Crippen LogP contribution in [0.25, 0.3) is 120 Å². The average Bonchev–Trinajstić information content (AvgIpc) is 3.78. The summed E-state index contributed by atoms with van der Waals surface area (Å²) in [6.45, 7) is 0. The van der Waals surface area contributed by atoms with Crippen molar-refractivity contribution in [1.29, 1.82) is 0 Å². The number of benzene rings is 10. The largest absolute Gasteiger partial charge is 0.456 e. The summed E-state index contributed by atoms with van der Waals surface area (Å²) in [7, 11) is 0. The molecule has 0 radical (unpaired) electrons. The lowest BCUT2D eigenvalue weighted by molar-refractivity contribution is 0.664. The quantitative estimate of drug-likeness (QED) is 0.173. The minimum atomic E-state index is 0.867. The van der Waals surface area contributed by atoms with E-state index in [4.69, 9.17) is 8.83 Å². The predicted molar refractivity (Wildman–Crippen MR) is 227 cm³/mol. The third kappa shape index (κ3) is 4.22. The Kier molecular flexibility index (Phi) is 6.09. The van der Waals surface area contributed by atoms with Gasteiger partial charge >= 0.3 is 0 Å². The zero-order valence-electron chi connectivity index (χ0n) is 29.1. The second kappa shape index (κ2) is 11.2. The summed E-state index contributed by atoms with van der Waals surface area (Å²) in [5, 5.41) is 14.3. The fourth-order valence-electron chi connectivity index (χ4n) is 9.00. The van der Waals surface area contributed by atoms with Crippen molar-refractivity contribution in [3.63, 3.8) is 0 Å². The Hall–Kier alpha value is -7.16. The summed E-state index contributed by atoms with van der Waals surface area (Å²) in [4.78, 5) is 0. The molecule has 0 saturated heterocycles. The van der Waals surface area contributed by atoms with Crippen LogP contribution in [-0.4, -0.2) is 0 Å². The minimum Gasteiger partial charge on any atom is -0.456 e. The Morgan fingerprint density at radius 3 is 1.52 bits per heavy atom. The summed E-state index contributed by atoms with van der Waals surface area (Å²) in [6.07, 6.45) is 0. The molecule has 12 aromatic rings. The highest BCUT2D eigenvalue weighted by atomic mass is 16.3. The molecular weight excluding hydrogens is 657 g/mol. The van der Waals surface area contributed by atoms with Gasteiger partial charge < -0.3 is 8.83 Å². The van der Waals surface area contributed by atoms with E-state index in [9.17, 15) is 0 Å². The second-order valence-electron chi connectivity index (χ2n) is 14.4. The maximum atomic E-state index is 6.58. The molecule has 0 aliphatic carbocycles. The van der Waals surface area contributed by atoms with E-state index in [0.717, 1.165) is 55.0 Å². The van der Waals surface area contributed by atoms with Crippen LogP contribution in [0.15, 0.2) is 191 Å². The molecule has 2 nitrogen and oxygen atoms in total. The molecule has 2 aromatic heterocycles. The summed E-state index contributed by atoms with van der Waals surface area (Å²) >= 11 is 0. The highest BCUT2D eigenvalue weighted by molar-refractivity contribution is 6.24. The number of hydrogen-bond acceptors (Lipinski definition) is 2. The van der Waals surface area contributed by atoms with Crippen LogP contribution in [0.1, 0.15) is 0 Å². The Morgan fingerprint density at radius 1 is 0.259 bits per heavy atom. The lowest BCUT2D eigenvalue weighted by Crippen LogP contribution is -1.91. The van der Waals surface area contributed by atoms with E-state index in [1.165, 1.54) is 65.3 Å². The van der Waals surface area contributed by atoms with Gasteiger partial charge in [0.15, 0.2) is 0 Å². The SMILES string of the molecule is c1ccc2c(-c3c4ccccc4c(-c4ccc(-c5ccc6c(c5)oc5cc7c(cc56)oc5ccc6ccccc6c57)cc4)c4ccccc34)cccc2c1. The minimum absolute atomic E-state index is 0.867. The molecular formula is C52H30O2. The van der Waals surface area contributed by atoms with Gasteiger partial charge in [0.05, 0.1) is 0 Å². The maximum Gasteiger partial charge on any atom is 0.136 e. The molecule has 0 fully saturated rings. The van der Waals surface area contributed by atoms with Gasteiger partial charge in [-0.15, -0.1) is 0 Å². The number of rotatable bonds is 3. The molecule has 0 spiro atoms. The van der Waals surface area contributed by atoms with Gasteiger partial charge in [0, 0.05) is 21.5 Å². The monoisotopic (exact) mass is 686 g/mol. The zero-order valence-corrected chi connectivity index (χ0v) is 29.1. The molecule has 250 valence electrons. The van der Waals surface area contributed by atoms with Crippen molar-refractivity contribution in [3.8, 4) is 33.4 Å². The van der Waals surface area contributed by atoms with Gasteiger partial charge in [-0.3, -0.25) is 0 Å². The van der Waals surface area contributed by atoms with Crippen molar-refractivity contribution in [1.82, 2.24) is 0 Å². The molecule has 0 N–H and O–H groups in total. The topological polar surface area (TPSA) is 26.3 Å². The predicted octanol–water partition coefficient (Wildman–Crippen LogP) is 15.1. The first-order valence-electron chi connectivity index (χ1n) is 18.5. The van der Waals surface area contributed by atoms with Gasteiger partial charge in [-0.2, -0.15) is 0 Å². The third-order valence-corrected chi connectivity index (χ3v) is 11.5. The summed E-state index contributed by atoms with van der Waals surface area (Å²) in [6, 6.07) is 65.6. The van der Waals surface area contributed by atoms with Crippen molar-refractivity contribution in [3.05, 3.63) is 182 Å². The van der Waals surface area contributed by atoms with E-state index in [1.54, 1.807) is 0 Å². The molecule has 12 rings (SSSR count). The van der Waals surface area contributed by atoms with Crippen molar-refractivity contribution >= 4 is 87.0 Å². The van der Waals surface area contributed by atoms with Crippen LogP contribution in [0, 0.1) is 0 Å². The van der Waals surface area contributed by atoms with Crippen LogP contribution in [0.3, 0.4) is 0 Å². The Balaban J connectivity index is 0.984. The molecule has 0 unspecified atom stereocenters.